The van der Waals surface area contributed by atoms with E-state index < -0.39 is 5.41 Å². The molecule has 0 saturated heterocycles. The van der Waals surface area contributed by atoms with Gasteiger partial charge in [0.15, 0.2) is 5.82 Å². The minimum absolute atomic E-state index is 0.443. The van der Waals surface area contributed by atoms with Gasteiger partial charge in [-0.3, -0.25) is 0 Å². The van der Waals surface area contributed by atoms with Gasteiger partial charge in [0.25, 0.3) is 0 Å². The third-order valence-electron chi connectivity index (χ3n) is 11.7. The predicted octanol–water partition coefficient (Wildman–Crippen LogP) is 13.5. The monoisotopic (exact) mass is 714 g/mol. The summed E-state index contributed by atoms with van der Waals surface area (Å²) in [5, 5.41) is 2.23. The summed E-state index contributed by atoms with van der Waals surface area (Å²) < 4.78 is 6.38. The van der Waals surface area contributed by atoms with Crippen LogP contribution in [0.5, 0.6) is 0 Å². The molecule has 7 aromatic carbocycles. The zero-order valence-corrected chi connectivity index (χ0v) is 30.5. The minimum Gasteiger partial charge on any atom is -0.455 e. The number of furan rings is 1. The summed E-state index contributed by atoms with van der Waals surface area (Å²) in [5.74, 6) is 0.596. The summed E-state index contributed by atoms with van der Waals surface area (Å²) in [6, 6.07) is 58.8. The number of allylic oxidation sites excluding steroid dienone is 4. The zero-order chi connectivity index (χ0) is 37.4. The summed E-state index contributed by atoms with van der Waals surface area (Å²) in [6.07, 6.45) is 5.46. The molecule has 2 heterocycles. The molecular formula is C53H34N2O. The van der Waals surface area contributed by atoms with Gasteiger partial charge in [0.05, 0.1) is 16.8 Å². The lowest BCUT2D eigenvalue weighted by atomic mass is 9.70. The van der Waals surface area contributed by atoms with E-state index in [-0.39, 0.29) is 0 Å². The maximum Gasteiger partial charge on any atom is 0.160 e. The number of hydrogen-bond acceptors (Lipinski definition) is 3. The van der Waals surface area contributed by atoms with Crippen LogP contribution in [0.25, 0.3) is 83.4 Å². The Bertz CT molecular complexity index is 3060. The van der Waals surface area contributed by atoms with Gasteiger partial charge in [0.2, 0.25) is 0 Å². The van der Waals surface area contributed by atoms with Crippen LogP contribution in [0.2, 0.25) is 0 Å². The molecule has 2 aliphatic carbocycles. The molecule has 56 heavy (non-hydrogen) atoms. The van der Waals surface area contributed by atoms with Crippen molar-refractivity contribution in [3.05, 3.63) is 223 Å². The molecule has 11 rings (SSSR count). The number of nitrogens with zero attached hydrogens (tertiary/aromatic N) is 2. The van der Waals surface area contributed by atoms with E-state index in [0.29, 0.717) is 5.82 Å². The summed E-state index contributed by atoms with van der Waals surface area (Å²) in [4.78, 5) is 10.3. The highest BCUT2D eigenvalue weighted by Crippen LogP contribution is 2.63. The maximum absolute atomic E-state index is 6.38. The summed E-state index contributed by atoms with van der Waals surface area (Å²) >= 11 is 0. The first-order valence-electron chi connectivity index (χ1n) is 19.0. The highest BCUT2D eigenvalue weighted by Gasteiger charge is 2.51. The van der Waals surface area contributed by atoms with Crippen molar-refractivity contribution in [3.63, 3.8) is 0 Å². The van der Waals surface area contributed by atoms with Gasteiger partial charge in [-0.05, 0) is 68.3 Å². The Labute approximate surface area is 325 Å². The third-order valence-corrected chi connectivity index (χ3v) is 11.7. The topological polar surface area (TPSA) is 38.9 Å². The Morgan fingerprint density at radius 1 is 0.482 bits per heavy atom. The highest BCUT2D eigenvalue weighted by atomic mass is 16.3. The molecule has 2 aliphatic rings. The van der Waals surface area contributed by atoms with Crippen LogP contribution in [0, 0.1) is 0 Å². The largest absolute Gasteiger partial charge is 0.455 e. The molecule has 3 nitrogen and oxygen atoms in total. The highest BCUT2D eigenvalue weighted by molar-refractivity contribution is 6.09. The lowest BCUT2D eigenvalue weighted by molar-refractivity contribution is 0.670. The Morgan fingerprint density at radius 3 is 1.68 bits per heavy atom. The van der Waals surface area contributed by atoms with Crippen LogP contribution in [-0.2, 0) is 5.41 Å². The van der Waals surface area contributed by atoms with Crippen LogP contribution in [0.4, 0.5) is 0 Å². The van der Waals surface area contributed by atoms with Crippen molar-refractivity contribution in [2.75, 3.05) is 0 Å². The van der Waals surface area contributed by atoms with Crippen LogP contribution >= 0.6 is 0 Å². The van der Waals surface area contributed by atoms with Crippen molar-refractivity contribution < 1.29 is 4.42 Å². The molecule has 0 bridgehead atoms. The van der Waals surface area contributed by atoms with E-state index in [1.807, 2.05) is 18.2 Å². The smallest absolute Gasteiger partial charge is 0.160 e. The van der Waals surface area contributed by atoms with Crippen LogP contribution in [-0.4, -0.2) is 9.97 Å². The minimum atomic E-state index is -0.443. The van der Waals surface area contributed by atoms with Crippen molar-refractivity contribution >= 4 is 27.5 Å². The lowest BCUT2D eigenvalue weighted by Crippen LogP contribution is -2.25. The molecule has 1 spiro atoms. The number of fused-ring (bicyclic) bond motifs is 13. The fraction of sp³-hybridized carbons (Fsp3) is 0.0189. The van der Waals surface area contributed by atoms with Crippen LogP contribution in [0.1, 0.15) is 28.1 Å². The molecule has 262 valence electrons. The first-order valence-corrected chi connectivity index (χ1v) is 19.0. The molecule has 0 saturated carbocycles. The summed E-state index contributed by atoms with van der Waals surface area (Å²) in [5.41, 5.74) is 18.3. The Kier molecular flexibility index (Phi) is 7.07. The van der Waals surface area contributed by atoms with Crippen molar-refractivity contribution in [1.29, 1.82) is 0 Å². The van der Waals surface area contributed by atoms with Gasteiger partial charge in [-0.15, -0.1) is 0 Å². The van der Waals surface area contributed by atoms with Gasteiger partial charge >= 0.3 is 0 Å². The van der Waals surface area contributed by atoms with Crippen molar-refractivity contribution in [1.82, 2.24) is 9.97 Å². The van der Waals surface area contributed by atoms with Gasteiger partial charge in [-0.25, -0.2) is 9.97 Å². The molecule has 0 N–H and O–H groups in total. The molecule has 9 aromatic rings. The normalized spacial score (nSPS) is 13.4. The van der Waals surface area contributed by atoms with Crippen molar-refractivity contribution in [2.45, 2.75) is 5.41 Å². The van der Waals surface area contributed by atoms with E-state index in [0.717, 1.165) is 61.2 Å². The second kappa shape index (κ2) is 12.3. The molecule has 0 fully saturated rings. The summed E-state index contributed by atoms with van der Waals surface area (Å²) in [7, 11) is 0. The van der Waals surface area contributed by atoms with Gasteiger partial charge in [0.1, 0.15) is 11.2 Å². The quantitative estimate of drug-likeness (QED) is 0.161. The standard InChI is InChI=1S/C53H34N2O/c1-3-14-33(4-2)52-54-48(35-27-25-34(26-28-35)37-19-13-20-43-42-18-8-12-24-50(42)56-51(37)43)32-49(55-52)36-29-30-41-40-17-7-11-23-46(40)53(47(41)31-36)44-21-9-5-15-38(44)39-16-6-10-22-45(39)53/h3-32H,1-2H2/b33-14+. The molecule has 0 radical (unpaired) electrons. The van der Waals surface area contributed by atoms with E-state index >= 15 is 0 Å². The van der Waals surface area contributed by atoms with Crippen LogP contribution in [0.3, 0.4) is 0 Å². The Balaban J connectivity index is 1.08. The van der Waals surface area contributed by atoms with Crippen LogP contribution < -0.4 is 0 Å². The molecule has 2 aromatic heterocycles. The Hall–Kier alpha value is -7.36. The number of rotatable bonds is 6. The molecule has 0 amide bonds. The maximum atomic E-state index is 6.38. The zero-order valence-electron chi connectivity index (χ0n) is 30.5. The number of hydrogen-bond donors (Lipinski definition) is 0. The number of benzene rings is 7. The predicted molar refractivity (Wildman–Crippen MR) is 230 cm³/mol. The summed E-state index contributed by atoms with van der Waals surface area (Å²) in [6.45, 7) is 8.06. The fourth-order valence-electron chi connectivity index (χ4n) is 9.28. The average Bonchev–Trinajstić information content (AvgIpc) is 3.89. The first-order chi connectivity index (χ1) is 27.7. The second-order valence-electron chi connectivity index (χ2n) is 14.5. The number of para-hydroxylation sites is 2. The van der Waals surface area contributed by atoms with Crippen molar-refractivity contribution in [3.8, 4) is 55.9 Å². The molecule has 0 atom stereocenters. The molecule has 0 unspecified atom stereocenters. The van der Waals surface area contributed by atoms with E-state index in [4.69, 9.17) is 14.4 Å². The molecule has 0 aliphatic heterocycles. The van der Waals surface area contributed by atoms with Gasteiger partial charge in [-0.2, -0.15) is 0 Å². The fourth-order valence-corrected chi connectivity index (χ4v) is 9.28. The van der Waals surface area contributed by atoms with E-state index in [2.05, 4.69) is 165 Å². The van der Waals surface area contributed by atoms with Gasteiger partial charge in [0, 0.05) is 33.0 Å². The van der Waals surface area contributed by atoms with E-state index in [9.17, 15) is 0 Å². The van der Waals surface area contributed by atoms with Crippen LogP contribution in [0.15, 0.2) is 200 Å². The average molecular weight is 715 g/mol. The number of aromatic nitrogens is 2. The Morgan fingerprint density at radius 2 is 1.02 bits per heavy atom. The van der Waals surface area contributed by atoms with E-state index in [1.165, 1.54) is 44.5 Å². The third kappa shape index (κ3) is 4.52. The van der Waals surface area contributed by atoms with Gasteiger partial charge < -0.3 is 4.42 Å². The first kappa shape index (κ1) is 32.1. The lowest BCUT2D eigenvalue weighted by Gasteiger charge is -2.30. The second-order valence-corrected chi connectivity index (χ2v) is 14.5. The van der Waals surface area contributed by atoms with E-state index in [1.54, 1.807) is 12.2 Å². The molecular weight excluding hydrogens is 681 g/mol. The molecule has 3 heteroatoms. The van der Waals surface area contributed by atoms with Crippen molar-refractivity contribution in [2.24, 2.45) is 0 Å². The van der Waals surface area contributed by atoms with Gasteiger partial charge in [-0.1, -0.05) is 177 Å². The SMILES string of the molecule is C=C/C=C(\C=C)c1nc(-c2ccc(-c3cccc4c3oc3ccccc34)cc2)cc(-c2ccc3c(c2)C2(c4ccccc4-c4ccccc42)c2ccccc2-3)n1.